The van der Waals surface area contributed by atoms with Crippen molar-refractivity contribution in [2.75, 3.05) is 32.7 Å². The van der Waals surface area contributed by atoms with Gasteiger partial charge in [-0.15, -0.1) is 12.4 Å². The van der Waals surface area contributed by atoms with Crippen molar-refractivity contribution >= 4 is 35.8 Å². The summed E-state index contributed by atoms with van der Waals surface area (Å²) in [5.41, 5.74) is 2.21. The average Bonchev–Trinajstić information content (AvgIpc) is 2.74. The molecule has 1 atom stereocenters. The molecule has 2 amide bonds. The molecule has 29 heavy (non-hydrogen) atoms. The van der Waals surface area contributed by atoms with Crippen molar-refractivity contribution in [3.05, 3.63) is 70.2 Å². The highest BCUT2D eigenvalue weighted by Crippen LogP contribution is 2.26. The first-order valence-corrected chi connectivity index (χ1v) is 10.1. The molecule has 3 rings (SSSR count). The zero-order valence-electron chi connectivity index (χ0n) is 16.7. The van der Waals surface area contributed by atoms with E-state index in [0.717, 1.165) is 12.1 Å². The number of carbonyl (C=O) groups excluding carboxylic acids is 2. The van der Waals surface area contributed by atoms with Crippen LogP contribution in [0.2, 0.25) is 5.02 Å². The lowest BCUT2D eigenvalue weighted by Crippen LogP contribution is -2.48. The van der Waals surface area contributed by atoms with E-state index in [-0.39, 0.29) is 30.3 Å². The molecule has 7 heteroatoms. The maximum absolute atomic E-state index is 13.2. The molecule has 0 saturated carbocycles. The number of hydrogen-bond acceptors (Lipinski definition) is 3. The number of nitrogens with one attached hydrogen (secondary N) is 1. The molecule has 156 valence electrons. The van der Waals surface area contributed by atoms with E-state index in [4.69, 9.17) is 11.6 Å². The van der Waals surface area contributed by atoms with E-state index in [1.165, 1.54) is 0 Å². The minimum absolute atomic E-state index is 0. The van der Waals surface area contributed by atoms with Gasteiger partial charge in [0.25, 0.3) is 11.8 Å². The molecule has 1 fully saturated rings. The molecule has 1 saturated heterocycles. The number of nitrogens with zero attached hydrogens (tertiary/aromatic N) is 2. The predicted octanol–water partition coefficient (Wildman–Crippen LogP) is 4.03. The van der Waals surface area contributed by atoms with E-state index in [1.54, 1.807) is 29.2 Å². The van der Waals surface area contributed by atoms with Crippen LogP contribution >= 0.6 is 24.0 Å². The molecular formula is C22H27Cl2N3O2. The summed E-state index contributed by atoms with van der Waals surface area (Å²) < 4.78 is 0. The quantitative estimate of drug-likeness (QED) is 0.770. The smallest absolute Gasteiger partial charge is 0.254 e. The third-order valence-electron chi connectivity index (χ3n) is 5.17. The Bertz CT molecular complexity index is 838. The van der Waals surface area contributed by atoms with Crippen LogP contribution in [0.4, 0.5) is 0 Å². The van der Waals surface area contributed by atoms with Crippen molar-refractivity contribution in [1.82, 2.24) is 15.1 Å². The van der Waals surface area contributed by atoms with Gasteiger partial charge in [0, 0.05) is 48.9 Å². The maximum atomic E-state index is 13.2. The number of halogens is 2. The molecule has 0 radical (unpaired) electrons. The second-order valence-corrected chi connectivity index (χ2v) is 7.26. The number of amides is 2. The van der Waals surface area contributed by atoms with Crippen LogP contribution in [-0.4, -0.2) is 54.3 Å². The van der Waals surface area contributed by atoms with Crippen LogP contribution in [0.25, 0.3) is 0 Å². The number of carbonyl (C=O) groups is 2. The Morgan fingerprint density at radius 1 is 1.10 bits per heavy atom. The average molecular weight is 436 g/mol. The van der Waals surface area contributed by atoms with Gasteiger partial charge in [-0.05, 0) is 55.8 Å². The Hall–Kier alpha value is -2.08. The first-order chi connectivity index (χ1) is 13.5. The highest BCUT2D eigenvalue weighted by molar-refractivity contribution is 6.30. The van der Waals surface area contributed by atoms with Crippen LogP contribution in [0.3, 0.4) is 0 Å². The van der Waals surface area contributed by atoms with Crippen molar-refractivity contribution in [3.63, 3.8) is 0 Å². The summed E-state index contributed by atoms with van der Waals surface area (Å²) >= 11 is 6.15. The van der Waals surface area contributed by atoms with Crippen LogP contribution < -0.4 is 5.32 Å². The molecule has 1 heterocycles. The van der Waals surface area contributed by atoms with Gasteiger partial charge in [-0.25, -0.2) is 0 Å². The van der Waals surface area contributed by atoms with Crippen molar-refractivity contribution in [1.29, 1.82) is 0 Å². The van der Waals surface area contributed by atoms with Crippen LogP contribution in [0.5, 0.6) is 0 Å². The standard InChI is InChI=1S/C22H26ClN3O2.ClH/c1-3-25(4-2)21(27)16-8-10-17(11-9-16)22(28)26-13-12-24-15-20(26)18-6-5-7-19(23)14-18;/h5-11,14,20,24H,3-4,12-13,15H2,1-2H3;1H. The van der Waals surface area contributed by atoms with Gasteiger partial charge >= 0.3 is 0 Å². The minimum atomic E-state index is -0.0723. The van der Waals surface area contributed by atoms with Gasteiger partial charge in [0.15, 0.2) is 0 Å². The zero-order valence-corrected chi connectivity index (χ0v) is 18.3. The first kappa shape index (κ1) is 23.2. The Labute approximate surface area is 183 Å². The lowest BCUT2D eigenvalue weighted by Gasteiger charge is -2.36. The highest BCUT2D eigenvalue weighted by Gasteiger charge is 2.29. The number of hydrogen-bond donors (Lipinski definition) is 1. The second kappa shape index (κ2) is 10.6. The summed E-state index contributed by atoms with van der Waals surface area (Å²) in [6.45, 7) is 7.30. The van der Waals surface area contributed by atoms with Gasteiger partial charge in [0.2, 0.25) is 0 Å². The monoisotopic (exact) mass is 435 g/mol. The SMILES string of the molecule is CCN(CC)C(=O)c1ccc(C(=O)N2CCNCC2c2cccc(Cl)c2)cc1.Cl. The van der Waals surface area contributed by atoms with E-state index >= 15 is 0 Å². The minimum Gasteiger partial charge on any atom is -0.339 e. The molecular weight excluding hydrogens is 409 g/mol. The fourth-order valence-electron chi connectivity index (χ4n) is 3.57. The zero-order chi connectivity index (χ0) is 20.1. The molecule has 1 aliphatic rings. The molecule has 0 aliphatic carbocycles. The van der Waals surface area contributed by atoms with Crippen LogP contribution in [0.1, 0.15) is 46.2 Å². The van der Waals surface area contributed by atoms with E-state index in [0.29, 0.717) is 42.3 Å². The lowest BCUT2D eigenvalue weighted by molar-refractivity contribution is 0.0633. The first-order valence-electron chi connectivity index (χ1n) is 9.71. The molecule has 1 unspecified atom stereocenters. The lowest BCUT2D eigenvalue weighted by atomic mass is 10.0. The Morgan fingerprint density at radius 2 is 1.76 bits per heavy atom. The number of rotatable bonds is 5. The molecule has 0 aromatic heterocycles. The summed E-state index contributed by atoms with van der Waals surface area (Å²) in [4.78, 5) is 29.3. The van der Waals surface area contributed by atoms with Gasteiger partial charge in [0.05, 0.1) is 6.04 Å². The van der Waals surface area contributed by atoms with E-state index in [9.17, 15) is 9.59 Å². The van der Waals surface area contributed by atoms with Crippen molar-refractivity contribution in [2.24, 2.45) is 0 Å². The second-order valence-electron chi connectivity index (χ2n) is 6.83. The van der Waals surface area contributed by atoms with Gasteiger partial charge in [-0.3, -0.25) is 9.59 Å². The topological polar surface area (TPSA) is 52.7 Å². The molecule has 1 N–H and O–H groups in total. The van der Waals surface area contributed by atoms with Gasteiger partial charge in [0.1, 0.15) is 0 Å². The summed E-state index contributed by atoms with van der Waals surface area (Å²) in [6, 6.07) is 14.5. The Morgan fingerprint density at radius 3 is 2.38 bits per heavy atom. The molecule has 2 aromatic rings. The predicted molar refractivity (Wildman–Crippen MR) is 119 cm³/mol. The summed E-state index contributed by atoms with van der Waals surface area (Å²) in [5, 5.41) is 4.01. The Balaban J connectivity index is 0.00000300. The molecule has 0 spiro atoms. The van der Waals surface area contributed by atoms with E-state index in [2.05, 4.69) is 5.32 Å². The Kier molecular flexibility index (Phi) is 8.50. The van der Waals surface area contributed by atoms with Crippen molar-refractivity contribution in [2.45, 2.75) is 19.9 Å². The van der Waals surface area contributed by atoms with Crippen LogP contribution in [0, 0.1) is 0 Å². The van der Waals surface area contributed by atoms with Crippen LogP contribution in [0.15, 0.2) is 48.5 Å². The summed E-state index contributed by atoms with van der Waals surface area (Å²) in [7, 11) is 0. The molecule has 2 aromatic carbocycles. The van der Waals surface area contributed by atoms with Crippen LogP contribution in [-0.2, 0) is 0 Å². The normalized spacial score (nSPS) is 16.1. The van der Waals surface area contributed by atoms with E-state index < -0.39 is 0 Å². The fraction of sp³-hybridized carbons (Fsp3) is 0.364. The number of piperazine rings is 1. The van der Waals surface area contributed by atoms with Crippen molar-refractivity contribution in [3.8, 4) is 0 Å². The fourth-order valence-corrected chi connectivity index (χ4v) is 3.77. The largest absolute Gasteiger partial charge is 0.339 e. The van der Waals surface area contributed by atoms with E-state index in [1.807, 2.05) is 43.0 Å². The molecule has 0 bridgehead atoms. The van der Waals surface area contributed by atoms with Crippen molar-refractivity contribution < 1.29 is 9.59 Å². The number of benzene rings is 2. The third kappa shape index (κ3) is 5.30. The third-order valence-corrected chi connectivity index (χ3v) is 5.40. The maximum Gasteiger partial charge on any atom is 0.254 e. The molecule has 1 aliphatic heterocycles. The summed E-state index contributed by atoms with van der Waals surface area (Å²) in [6.07, 6.45) is 0. The van der Waals surface area contributed by atoms with Gasteiger partial charge in [-0.2, -0.15) is 0 Å². The van der Waals surface area contributed by atoms with Gasteiger partial charge in [-0.1, -0.05) is 23.7 Å². The highest BCUT2D eigenvalue weighted by atomic mass is 35.5. The molecule has 5 nitrogen and oxygen atoms in total. The summed E-state index contributed by atoms with van der Waals surface area (Å²) in [5.74, 6) is -0.0451. The van der Waals surface area contributed by atoms with Gasteiger partial charge < -0.3 is 15.1 Å².